The lowest BCUT2D eigenvalue weighted by Gasteiger charge is -2.54. The van der Waals surface area contributed by atoms with Crippen LogP contribution >= 0.6 is 0 Å². The van der Waals surface area contributed by atoms with Crippen LogP contribution in [0.3, 0.4) is 0 Å². The zero-order chi connectivity index (χ0) is 49.9. The van der Waals surface area contributed by atoms with E-state index in [1.54, 1.807) is 21.3 Å². The summed E-state index contributed by atoms with van der Waals surface area (Å²) in [6, 6.07) is -2.42. The first kappa shape index (κ1) is 52.4. The smallest absolute Gasteiger partial charge is 0.416 e. The van der Waals surface area contributed by atoms with E-state index in [1.165, 1.54) is 16.9 Å². The van der Waals surface area contributed by atoms with Gasteiger partial charge in [-0.3, -0.25) is 19.3 Å². The molecule has 10 aliphatic rings. The molecule has 14 heteroatoms. The van der Waals surface area contributed by atoms with Crippen molar-refractivity contribution in [3.63, 3.8) is 0 Å². The maximum Gasteiger partial charge on any atom is 0.416 e. The number of likely N-dealkylation sites (tertiary alicyclic amines) is 2. The Morgan fingerprint density at radius 3 is 2.19 bits per heavy atom. The molecule has 0 bridgehead atoms. The predicted molar refractivity (Wildman–Crippen MR) is 269 cm³/mol. The second kappa shape index (κ2) is 23.5. The number of hydrogen-bond acceptors (Lipinski definition) is 12. The fourth-order valence-corrected chi connectivity index (χ4v) is 17.2. The first-order valence-electron chi connectivity index (χ1n) is 29.0. The highest BCUT2D eigenvalue weighted by Crippen LogP contribution is 2.66. The third-order valence-electron chi connectivity index (χ3n) is 20.3. The number of piperidine rings is 1. The predicted octanol–water partition coefficient (Wildman–Crippen LogP) is 7.87. The van der Waals surface area contributed by atoms with Crippen LogP contribution in [0.1, 0.15) is 154 Å². The molecule has 5 saturated carbocycles. The average Bonchev–Trinajstić information content (AvgIpc) is 3.88. The number of imide groups is 1. The number of hydrogen-bond donors (Lipinski definition) is 1. The number of nitrogens with zero attached hydrogens (tertiary/aromatic N) is 3. The highest BCUT2D eigenvalue weighted by Gasteiger charge is 2.80. The number of esters is 1. The molecule has 9 unspecified atom stereocenters. The number of ether oxygens (including phenoxy) is 6. The molecule has 0 aromatic carbocycles. The van der Waals surface area contributed by atoms with Crippen LogP contribution < -0.4 is 0 Å². The molecule has 0 radical (unpaired) electrons. The molecule has 9 fully saturated rings. The lowest BCUT2D eigenvalue weighted by atomic mass is 9.55. The molecule has 4 aliphatic heterocycles. The Kier molecular flexibility index (Phi) is 17.1. The lowest BCUT2D eigenvalue weighted by Crippen LogP contribution is -2.67. The van der Waals surface area contributed by atoms with Crippen molar-refractivity contribution >= 4 is 23.9 Å². The average molecular weight is 1000 g/mol. The van der Waals surface area contributed by atoms with Crippen LogP contribution in [0.4, 0.5) is 4.79 Å². The summed E-state index contributed by atoms with van der Waals surface area (Å²) in [6.07, 6.45) is 23.1. The minimum atomic E-state index is -1.52. The van der Waals surface area contributed by atoms with E-state index in [9.17, 15) is 9.90 Å². The standard InChI is InChI=1S/C58H87N3O11/c1-67-31-32-71-57(66)60-45-26-25-38(24-23-37-15-7-4-8-16-37)33-44(45)58(56(60)65)49(54(63)59-28-27-41-34-47(68-2)48(69-3)35-42(41)36-59)51-55(64)72-52(40-19-11-6-12-20-40)50(39-17-9-5-10-18-39)61(51)53(58)43-21-13-14-22-46(43)70-30-29-62/h15,38-53,62H,4-14,16-22,25-36H2,1-3H3/t38?,41?,42?,43?,44?,45?,46?,47?,48?,49-,50-,51-,52+,53+,58-/m1/s1. The first-order valence-corrected chi connectivity index (χ1v) is 29.0. The van der Waals surface area contributed by atoms with Crippen LogP contribution in [0.15, 0.2) is 11.6 Å². The number of carbonyl (C=O) groups excluding carboxylic acids is 4. The van der Waals surface area contributed by atoms with Gasteiger partial charge in [-0.15, -0.1) is 0 Å². The van der Waals surface area contributed by atoms with Crippen molar-refractivity contribution in [3.8, 4) is 11.8 Å². The minimum Gasteiger partial charge on any atom is -0.459 e. The zero-order valence-corrected chi connectivity index (χ0v) is 43.9. The fourth-order valence-electron chi connectivity index (χ4n) is 17.2. The number of fused-ring (bicyclic) bond motifs is 4. The molecule has 0 aromatic heterocycles. The summed E-state index contributed by atoms with van der Waals surface area (Å²) in [5.74, 6) is 5.28. The minimum absolute atomic E-state index is 0.0190. The molecular weight excluding hydrogens is 915 g/mol. The van der Waals surface area contributed by atoms with Gasteiger partial charge in [0.25, 0.3) is 0 Å². The summed E-state index contributed by atoms with van der Waals surface area (Å²) >= 11 is 0. The Bertz CT molecular complexity index is 2010. The van der Waals surface area contributed by atoms with Gasteiger partial charge in [0.15, 0.2) is 0 Å². The SMILES string of the molecule is COCCOC(=O)N1C(=O)[C@@]2(C3CC(C#CC4=CCCCC4)CCC31)[C@H](C1CCCCC1OCCO)N1[C@H](C3CCCCC3)[C@H](C3CCCCC3)OC(=O)[C@H]1[C@@H]2C(=O)N1CCC2CC(OC)C(OC)CC2C1. The molecule has 400 valence electrons. The van der Waals surface area contributed by atoms with Gasteiger partial charge in [0.1, 0.15) is 18.8 Å². The molecule has 0 aromatic rings. The van der Waals surface area contributed by atoms with Gasteiger partial charge in [-0.25, -0.2) is 9.69 Å². The monoisotopic (exact) mass is 1000 g/mol. The fraction of sp³-hybridized carbons (Fsp3) is 0.862. The van der Waals surface area contributed by atoms with Crippen LogP contribution in [-0.2, 0) is 42.8 Å². The summed E-state index contributed by atoms with van der Waals surface area (Å²) in [4.78, 5) is 70.7. The summed E-state index contributed by atoms with van der Waals surface area (Å²) in [6.45, 7) is 1.17. The van der Waals surface area contributed by atoms with Gasteiger partial charge < -0.3 is 38.4 Å². The highest BCUT2D eigenvalue weighted by molar-refractivity contribution is 6.04. The number of rotatable bonds is 12. The lowest BCUT2D eigenvalue weighted by molar-refractivity contribution is -0.193. The number of aliphatic hydroxyl groups is 1. The normalized spacial score (nSPS) is 39.9. The van der Waals surface area contributed by atoms with Crippen molar-refractivity contribution in [2.24, 2.45) is 52.8 Å². The Balaban J connectivity index is 1.17. The Hall–Kier alpha value is -3.06. The molecule has 4 saturated heterocycles. The van der Waals surface area contributed by atoms with Crippen molar-refractivity contribution in [3.05, 3.63) is 11.6 Å². The van der Waals surface area contributed by atoms with Crippen LogP contribution in [0.5, 0.6) is 0 Å². The van der Waals surface area contributed by atoms with Gasteiger partial charge in [-0.1, -0.05) is 69.3 Å². The maximum atomic E-state index is 17.0. The van der Waals surface area contributed by atoms with Gasteiger partial charge >= 0.3 is 12.1 Å². The maximum absolute atomic E-state index is 17.0. The second-order valence-electron chi connectivity index (χ2n) is 23.8. The molecule has 14 nitrogen and oxygen atoms in total. The molecule has 3 amide bonds. The van der Waals surface area contributed by atoms with Gasteiger partial charge in [0.05, 0.1) is 55.5 Å². The molecule has 6 aliphatic carbocycles. The first-order chi connectivity index (χ1) is 35.2. The second-order valence-corrected chi connectivity index (χ2v) is 23.8. The number of allylic oxidation sites excluding steroid dienone is 2. The van der Waals surface area contributed by atoms with Gasteiger partial charge in [0.2, 0.25) is 11.8 Å². The number of cyclic esters (lactones) is 1. The summed E-state index contributed by atoms with van der Waals surface area (Å²) in [5, 5.41) is 10.3. The molecule has 4 heterocycles. The zero-order valence-electron chi connectivity index (χ0n) is 43.9. The van der Waals surface area contributed by atoms with E-state index in [4.69, 9.17) is 28.4 Å². The molecule has 1 N–H and O–H groups in total. The van der Waals surface area contributed by atoms with Crippen LogP contribution in [0.25, 0.3) is 0 Å². The van der Waals surface area contributed by atoms with Crippen LogP contribution in [-0.4, -0.2) is 153 Å². The Morgan fingerprint density at radius 2 is 1.49 bits per heavy atom. The van der Waals surface area contributed by atoms with E-state index in [0.717, 1.165) is 128 Å². The molecule has 72 heavy (non-hydrogen) atoms. The van der Waals surface area contributed by atoms with Crippen molar-refractivity contribution in [1.29, 1.82) is 0 Å². The molecule has 1 spiro atoms. The van der Waals surface area contributed by atoms with Crippen molar-refractivity contribution < 1.29 is 52.7 Å². The number of methoxy groups -OCH3 is 3. The summed E-state index contributed by atoms with van der Waals surface area (Å²) in [5.41, 5.74) is -0.350. The van der Waals surface area contributed by atoms with E-state index in [-0.39, 0.29) is 98.3 Å². The largest absolute Gasteiger partial charge is 0.459 e. The van der Waals surface area contributed by atoms with E-state index in [1.807, 2.05) is 4.90 Å². The number of aliphatic hydroxyl groups excluding tert-OH is 1. The van der Waals surface area contributed by atoms with Crippen molar-refractivity contribution in [1.82, 2.24) is 14.7 Å². The molecular formula is C58H87N3O11. The highest BCUT2D eigenvalue weighted by atomic mass is 16.6. The van der Waals surface area contributed by atoms with Crippen LogP contribution in [0.2, 0.25) is 0 Å². The topological polar surface area (TPSA) is 154 Å². The van der Waals surface area contributed by atoms with E-state index < -0.39 is 47.4 Å². The third kappa shape index (κ3) is 9.85. The van der Waals surface area contributed by atoms with Crippen molar-refractivity contribution in [2.45, 2.75) is 203 Å². The van der Waals surface area contributed by atoms with E-state index in [2.05, 4.69) is 22.8 Å². The van der Waals surface area contributed by atoms with Crippen LogP contribution in [0, 0.1) is 64.6 Å². The van der Waals surface area contributed by atoms with Crippen molar-refractivity contribution in [2.75, 3.05) is 60.8 Å². The third-order valence-corrected chi connectivity index (χ3v) is 20.3. The van der Waals surface area contributed by atoms with Gasteiger partial charge in [0, 0.05) is 58.3 Å². The number of carbonyl (C=O) groups is 4. The Morgan fingerprint density at radius 1 is 0.764 bits per heavy atom. The van der Waals surface area contributed by atoms with Gasteiger partial charge in [-0.2, -0.15) is 0 Å². The number of morpholine rings is 1. The molecule has 10 rings (SSSR count). The van der Waals surface area contributed by atoms with E-state index >= 15 is 14.4 Å². The summed E-state index contributed by atoms with van der Waals surface area (Å²) < 4.78 is 37.1. The number of amides is 3. The quantitative estimate of drug-likeness (QED) is 0.115. The Labute approximate surface area is 429 Å². The van der Waals surface area contributed by atoms with Gasteiger partial charge in [-0.05, 0) is 138 Å². The molecule has 15 atom stereocenters. The summed E-state index contributed by atoms with van der Waals surface area (Å²) in [7, 11) is 5.05. The van der Waals surface area contributed by atoms with E-state index in [0.29, 0.717) is 38.3 Å².